The van der Waals surface area contributed by atoms with Crippen LogP contribution in [0.1, 0.15) is 190 Å². The summed E-state index contributed by atoms with van der Waals surface area (Å²) in [6.45, 7) is 18.0. The van der Waals surface area contributed by atoms with Gasteiger partial charge in [-0.25, -0.2) is 0 Å². The fraction of sp³-hybridized carbons (Fsp3) is 0.333. The van der Waals surface area contributed by atoms with Crippen LogP contribution in [0.5, 0.6) is 0 Å². The molecular formula is C78H82N4O2. The fourth-order valence-corrected chi connectivity index (χ4v) is 13.8. The second-order valence-electron chi connectivity index (χ2n) is 26.1. The van der Waals surface area contributed by atoms with Crippen molar-refractivity contribution < 1.29 is 8.83 Å². The molecule has 6 heteroatoms. The third kappa shape index (κ3) is 10.7. The average Bonchev–Trinajstić information content (AvgIpc) is 1.65. The highest BCUT2D eigenvalue weighted by Gasteiger charge is 2.47. The van der Waals surface area contributed by atoms with E-state index in [2.05, 4.69) is 258 Å². The monoisotopic (exact) mass is 1110 g/mol. The second kappa shape index (κ2) is 23.6. The molecular weight excluding hydrogens is 1020 g/mol. The Bertz CT molecular complexity index is 3730. The van der Waals surface area contributed by atoms with E-state index in [1.807, 2.05) is 0 Å². The van der Waals surface area contributed by atoms with Crippen LogP contribution in [-0.2, 0) is 21.7 Å². The summed E-state index contributed by atoms with van der Waals surface area (Å²) in [4.78, 5) is 0. The van der Waals surface area contributed by atoms with Crippen LogP contribution in [0.25, 0.3) is 79.2 Å². The largest absolute Gasteiger partial charge is 0.416 e. The van der Waals surface area contributed by atoms with Gasteiger partial charge in [-0.15, -0.1) is 20.4 Å². The van der Waals surface area contributed by atoms with Crippen molar-refractivity contribution in [3.05, 3.63) is 226 Å². The summed E-state index contributed by atoms with van der Waals surface area (Å²) >= 11 is 0. The van der Waals surface area contributed by atoms with Gasteiger partial charge < -0.3 is 8.83 Å². The summed E-state index contributed by atoms with van der Waals surface area (Å²) in [5.74, 6) is 1.97. The van der Waals surface area contributed by atoms with Gasteiger partial charge in [-0.1, -0.05) is 254 Å². The Morgan fingerprint density at radius 2 is 0.655 bits per heavy atom. The fourth-order valence-electron chi connectivity index (χ4n) is 13.8. The van der Waals surface area contributed by atoms with Gasteiger partial charge in [-0.2, -0.15) is 0 Å². The molecule has 84 heavy (non-hydrogen) atoms. The molecule has 10 aromatic rings. The van der Waals surface area contributed by atoms with Gasteiger partial charge in [0.05, 0.1) is 5.41 Å². The van der Waals surface area contributed by atoms with Crippen LogP contribution in [0.15, 0.2) is 191 Å². The minimum absolute atomic E-state index is 0.0241. The third-order valence-corrected chi connectivity index (χ3v) is 18.5. The highest BCUT2D eigenvalue weighted by Crippen LogP contribution is 2.59. The SMILES string of the molecule is CCCCCCCCC1(CCCCCCCC)c2ccccc2-c2ccc(-c3ccc4c(c3)C(c3ccc(-c5nnc(-c6ccc(C(C)(C)C)cc6)o5)cc3)(c3ccc(-c5nnc(-c6ccc(C(C)(C)C)cc6)o5)cc3)c3ccccc3-4)cc21. The van der Waals surface area contributed by atoms with E-state index in [4.69, 9.17) is 8.83 Å². The predicted molar refractivity (Wildman–Crippen MR) is 346 cm³/mol. The number of benzene rings is 8. The molecule has 0 spiro atoms. The summed E-state index contributed by atoms with van der Waals surface area (Å²) < 4.78 is 12.9. The molecule has 0 amide bonds. The third-order valence-electron chi connectivity index (χ3n) is 18.5. The molecule has 0 bridgehead atoms. The zero-order valence-electron chi connectivity index (χ0n) is 50.8. The van der Waals surface area contributed by atoms with Crippen molar-refractivity contribution in [3.63, 3.8) is 0 Å². The van der Waals surface area contributed by atoms with Crippen molar-refractivity contribution in [2.45, 2.75) is 167 Å². The summed E-state index contributed by atoms with van der Waals surface area (Å²) in [5, 5.41) is 18.3. The Kier molecular flexibility index (Phi) is 15.9. The number of hydrogen-bond donors (Lipinski definition) is 0. The highest BCUT2D eigenvalue weighted by molar-refractivity contribution is 5.90. The normalized spacial score (nSPS) is 13.9. The molecule has 0 N–H and O–H groups in total. The van der Waals surface area contributed by atoms with E-state index in [1.54, 1.807) is 0 Å². The van der Waals surface area contributed by atoms with Gasteiger partial charge >= 0.3 is 0 Å². The molecule has 2 heterocycles. The van der Waals surface area contributed by atoms with Crippen molar-refractivity contribution in [1.82, 2.24) is 20.4 Å². The van der Waals surface area contributed by atoms with E-state index < -0.39 is 5.41 Å². The Hall–Kier alpha value is -7.96. The molecule has 2 aliphatic rings. The lowest BCUT2D eigenvalue weighted by Gasteiger charge is -2.34. The van der Waals surface area contributed by atoms with Crippen molar-refractivity contribution >= 4 is 0 Å². The molecule has 426 valence electrons. The van der Waals surface area contributed by atoms with Crippen LogP contribution in [0.3, 0.4) is 0 Å². The van der Waals surface area contributed by atoms with Crippen LogP contribution in [0.4, 0.5) is 0 Å². The Morgan fingerprint density at radius 1 is 0.321 bits per heavy atom. The van der Waals surface area contributed by atoms with Crippen LogP contribution in [-0.4, -0.2) is 20.4 Å². The minimum atomic E-state index is -0.713. The maximum absolute atomic E-state index is 6.44. The molecule has 0 saturated carbocycles. The summed E-state index contributed by atoms with van der Waals surface area (Å²) in [7, 11) is 0. The summed E-state index contributed by atoms with van der Waals surface area (Å²) in [6, 6.07) is 67.7. The molecule has 0 unspecified atom stereocenters. The lowest BCUT2D eigenvalue weighted by molar-refractivity contribution is 0.398. The molecule has 0 aliphatic heterocycles. The number of unbranched alkanes of at least 4 members (excludes halogenated alkanes) is 10. The predicted octanol–water partition coefficient (Wildman–Crippen LogP) is 21.5. The average molecular weight is 1110 g/mol. The maximum Gasteiger partial charge on any atom is 0.248 e. The summed E-state index contributed by atoms with van der Waals surface area (Å²) in [6.07, 6.45) is 17.9. The lowest BCUT2D eigenvalue weighted by atomic mass is 9.67. The number of nitrogens with zero attached hydrogens (tertiary/aromatic N) is 4. The van der Waals surface area contributed by atoms with Crippen molar-refractivity contribution in [2.75, 3.05) is 0 Å². The number of rotatable bonds is 21. The zero-order valence-corrected chi connectivity index (χ0v) is 50.8. The van der Waals surface area contributed by atoms with Crippen molar-refractivity contribution in [2.24, 2.45) is 0 Å². The number of aromatic nitrogens is 4. The molecule has 6 nitrogen and oxygen atoms in total. The molecule has 0 radical (unpaired) electrons. The number of fused-ring (bicyclic) bond motifs is 6. The lowest BCUT2D eigenvalue weighted by Crippen LogP contribution is -2.28. The first-order chi connectivity index (χ1) is 40.8. The van der Waals surface area contributed by atoms with Crippen molar-refractivity contribution in [3.8, 4) is 79.2 Å². The van der Waals surface area contributed by atoms with Gasteiger partial charge in [-0.05, 0) is 162 Å². The van der Waals surface area contributed by atoms with Gasteiger partial charge in [0, 0.05) is 27.7 Å². The smallest absolute Gasteiger partial charge is 0.248 e. The van der Waals surface area contributed by atoms with Crippen LogP contribution < -0.4 is 0 Å². The Labute approximate surface area is 499 Å². The molecule has 2 aromatic heterocycles. The molecule has 0 saturated heterocycles. The molecule has 12 rings (SSSR count). The quantitative estimate of drug-likeness (QED) is 0.0667. The van der Waals surface area contributed by atoms with E-state index >= 15 is 0 Å². The van der Waals surface area contributed by atoms with E-state index in [0.717, 1.165) is 33.4 Å². The van der Waals surface area contributed by atoms with Crippen LogP contribution >= 0.6 is 0 Å². The van der Waals surface area contributed by atoms with E-state index in [0.29, 0.717) is 23.6 Å². The van der Waals surface area contributed by atoms with Gasteiger partial charge in [0.15, 0.2) is 0 Å². The van der Waals surface area contributed by atoms with Gasteiger partial charge in [-0.3, -0.25) is 0 Å². The van der Waals surface area contributed by atoms with Gasteiger partial charge in [0.25, 0.3) is 0 Å². The topological polar surface area (TPSA) is 77.8 Å². The highest BCUT2D eigenvalue weighted by atomic mass is 16.4. The van der Waals surface area contributed by atoms with E-state index in [1.165, 1.54) is 157 Å². The molecule has 2 aliphatic carbocycles. The molecule has 0 fully saturated rings. The summed E-state index contributed by atoms with van der Waals surface area (Å²) in [5.41, 5.74) is 21.0. The Morgan fingerprint density at radius 3 is 1.08 bits per heavy atom. The van der Waals surface area contributed by atoms with Gasteiger partial charge in [0.2, 0.25) is 23.6 Å². The van der Waals surface area contributed by atoms with Gasteiger partial charge in [0.1, 0.15) is 0 Å². The first-order valence-electron chi connectivity index (χ1n) is 31.4. The minimum Gasteiger partial charge on any atom is -0.416 e. The molecule has 0 atom stereocenters. The Balaban J connectivity index is 0.962. The standard InChI is InChI=1S/C78H82N4O2/c1-9-11-13-15-17-23-49-77(50-24-18-16-14-12-10-2)67-27-21-19-25-63(67)65-47-37-57(51-69(65)77)58-38-48-66-64-26-20-22-28-68(64)78(70(66)52-58,61-43-33-55(34-44-61)73-81-79-71(83-73)53-29-39-59(40-30-53)75(3,4)5)62-45-35-56(36-46-62)74-82-80-72(84-74)54-31-41-60(42-32-54)76(6,7)8/h19-22,25-48,51-52H,9-18,23-24,49-50H2,1-8H3. The maximum atomic E-state index is 6.44. The zero-order chi connectivity index (χ0) is 58.1. The van der Waals surface area contributed by atoms with E-state index in [-0.39, 0.29) is 16.2 Å². The first kappa shape index (κ1) is 56.5. The van der Waals surface area contributed by atoms with Crippen LogP contribution in [0.2, 0.25) is 0 Å². The van der Waals surface area contributed by atoms with Crippen LogP contribution in [0, 0.1) is 0 Å². The van der Waals surface area contributed by atoms with E-state index in [9.17, 15) is 0 Å². The second-order valence-corrected chi connectivity index (χ2v) is 26.1. The molecule has 8 aromatic carbocycles. The first-order valence-corrected chi connectivity index (χ1v) is 31.4. The number of hydrogen-bond acceptors (Lipinski definition) is 6. The van der Waals surface area contributed by atoms with Crippen molar-refractivity contribution in [1.29, 1.82) is 0 Å².